The number of hydrogen-bond acceptors (Lipinski definition) is 6. The Labute approximate surface area is 139 Å². The Morgan fingerprint density at radius 2 is 2.04 bits per heavy atom. The number of esters is 1. The van der Waals surface area contributed by atoms with Crippen LogP contribution >= 0.6 is 0 Å². The van der Waals surface area contributed by atoms with Gasteiger partial charge in [-0.3, -0.25) is 4.79 Å². The second-order valence-corrected chi connectivity index (χ2v) is 5.36. The smallest absolute Gasteiger partial charge is 0.309 e. The van der Waals surface area contributed by atoms with E-state index in [9.17, 15) is 4.79 Å². The molecule has 0 saturated heterocycles. The van der Waals surface area contributed by atoms with E-state index in [1.54, 1.807) is 19.2 Å². The predicted octanol–water partition coefficient (Wildman–Crippen LogP) is 3.60. The molecule has 1 aromatic heterocycles. The van der Waals surface area contributed by atoms with Gasteiger partial charge in [-0.1, -0.05) is 18.2 Å². The first-order chi connectivity index (χ1) is 11.6. The number of fused-ring (bicyclic) bond motifs is 1. The molecule has 2 aromatic carbocycles. The van der Waals surface area contributed by atoms with E-state index in [4.69, 9.17) is 13.9 Å². The van der Waals surface area contributed by atoms with E-state index in [2.05, 4.69) is 10.3 Å². The summed E-state index contributed by atoms with van der Waals surface area (Å²) in [5, 5.41) is 3.16. The molecular weight excluding hydrogens is 308 g/mol. The fourth-order valence-electron chi connectivity index (χ4n) is 2.43. The van der Waals surface area contributed by atoms with Gasteiger partial charge in [0.25, 0.3) is 6.01 Å². The third-order valence-corrected chi connectivity index (χ3v) is 3.70. The van der Waals surface area contributed by atoms with Gasteiger partial charge < -0.3 is 19.2 Å². The van der Waals surface area contributed by atoms with Crippen molar-refractivity contribution in [2.75, 3.05) is 19.5 Å². The molecule has 0 aliphatic carbocycles. The number of hydrogen-bond donors (Lipinski definition) is 1. The van der Waals surface area contributed by atoms with E-state index >= 15 is 0 Å². The molecule has 6 heteroatoms. The normalized spacial score (nSPS) is 10.6. The minimum Gasteiger partial charge on any atom is -0.494 e. The summed E-state index contributed by atoms with van der Waals surface area (Å²) < 4.78 is 15.8. The Hall–Kier alpha value is -3.02. The maximum absolute atomic E-state index is 11.5. The maximum atomic E-state index is 11.5. The van der Waals surface area contributed by atoms with Crippen LogP contribution in [-0.4, -0.2) is 25.2 Å². The number of nitrogens with one attached hydrogen (secondary N) is 1. The summed E-state index contributed by atoms with van der Waals surface area (Å²) in [6.45, 7) is 2.00. The van der Waals surface area contributed by atoms with E-state index in [0.29, 0.717) is 22.9 Å². The summed E-state index contributed by atoms with van der Waals surface area (Å²) in [7, 11) is 2.91. The number of nitrogens with zero attached hydrogens (tertiary/aromatic N) is 1. The van der Waals surface area contributed by atoms with Crippen molar-refractivity contribution in [2.24, 2.45) is 0 Å². The number of rotatable bonds is 5. The maximum Gasteiger partial charge on any atom is 0.309 e. The summed E-state index contributed by atoms with van der Waals surface area (Å²) in [5.74, 6) is 0.224. The SMILES string of the molecule is COC(=O)Cc1cc(OC)c2nc(Nc3ccccc3C)oc2c1. The van der Waals surface area contributed by atoms with Crippen molar-refractivity contribution in [3.63, 3.8) is 0 Å². The lowest BCUT2D eigenvalue weighted by atomic mass is 10.1. The quantitative estimate of drug-likeness (QED) is 0.722. The Morgan fingerprint density at radius 3 is 2.75 bits per heavy atom. The molecular formula is C18H18N2O4. The molecule has 3 aromatic rings. The second-order valence-electron chi connectivity index (χ2n) is 5.36. The highest BCUT2D eigenvalue weighted by molar-refractivity contribution is 5.84. The fraction of sp³-hybridized carbons (Fsp3) is 0.222. The molecule has 1 N–H and O–H groups in total. The number of ether oxygens (including phenoxy) is 2. The first-order valence-corrected chi connectivity index (χ1v) is 7.47. The number of para-hydroxylation sites is 1. The van der Waals surface area contributed by atoms with Crippen LogP contribution in [0.1, 0.15) is 11.1 Å². The zero-order chi connectivity index (χ0) is 17.1. The first kappa shape index (κ1) is 15.9. The van der Waals surface area contributed by atoms with E-state index < -0.39 is 0 Å². The van der Waals surface area contributed by atoms with Crippen LogP contribution in [0, 0.1) is 6.92 Å². The molecule has 6 nitrogen and oxygen atoms in total. The highest BCUT2D eigenvalue weighted by atomic mass is 16.5. The highest BCUT2D eigenvalue weighted by Crippen LogP contribution is 2.31. The Kier molecular flexibility index (Phi) is 4.37. The number of oxazole rings is 1. The summed E-state index contributed by atoms with van der Waals surface area (Å²) in [6, 6.07) is 11.8. The summed E-state index contributed by atoms with van der Waals surface area (Å²) in [6.07, 6.45) is 0.143. The average molecular weight is 326 g/mol. The molecule has 0 aliphatic rings. The highest BCUT2D eigenvalue weighted by Gasteiger charge is 2.15. The van der Waals surface area contributed by atoms with Gasteiger partial charge in [-0.05, 0) is 36.2 Å². The van der Waals surface area contributed by atoms with Gasteiger partial charge in [-0.15, -0.1) is 0 Å². The Morgan fingerprint density at radius 1 is 1.25 bits per heavy atom. The van der Waals surface area contributed by atoms with Gasteiger partial charge in [0.15, 0.2) is 11.1 Å². The van der Waals surface area contributed by atoms with Crippen LogP contribution in [0.2, 0.25) is 0 Å². The molecule has 24 heavy (non-hydrogen) atoms. The zero-order valence-electron chi connectivity index (χ0n) is 13.8. The van der Waals surface area contributed by atoms with Crippen molar-refractivity contribution in [3.05, 3.63) is 47.5 Å². The van der Waals surface area contributed by atoms with Crippen molar-refractivity contribution >= 4 is 28.8 Å². The summed E-state index contributed by atoms with van der Waals surface area (Å²) in [4.78, 5) is 15.9. The van der Waals surface area contributed by atoms with E-state index in [1.165, 1.54) is 7.11 Å². The molecule has 0 saturated carbocycles. The van der Waals surface area contributed by atoms with E-state index in [0.717, 1.165) is 16.8 Å². The predicted molar refractivity (Wildman–Crippen MR) is 90.7 cm³/mol. The van der Waals surface area contributed by atoms with Gasteiger partial charge in [-0.2, -0.15) is 4.98 Å². The Bertz CT molecular complexity index is 886. The van der Waals surface area contributed by atoms with Crippen LogP contribution < -0.4 is 10.1 Å². The molecule has 0 fully saturated rings. The summed E-state index contributed by atoms with van der Waals surface area (Å²) in [5.41, 5.74) is 3.88. The number of aromatic nitrogens is 1. The average Bonchev–Trinajstić information content (AvgIpc) is 2.98. The van der Waals surface area contributed by atoms with Crippen molar-refractivity contribution < 1.29 is 18.7 Å². The minimum absolute atomic E-state index is 0.143. The van der Waals surface area contributed by atoms with Crippen LogP contribution in [0.5, 0.6) is 5.75 Å². The van der Waals surface area contributed by atoms with E-state index in [1.807, 2.05) is 31.2 Å². The largest absolute Gasteiger partial charge is 0.494 e. The lowest BCUT2D eigenvalue weighted by Gasteiger charge is -2.04. The fourth-order valence-corrected chi connectivity index (χ4v) is 2.43. The first-order valence-electron chi connectivity index (χ1n) is 7.47. The lowest BCUT2D eigenvalue weighted by Crippen LogP contribution is -2.04. The monoisotopic (exact) mass is 326 g/mol. The third-order valence-electron chi connectivity index (χ3n) is 3.70. The number of aryl methyl sites for hydroxylation is 1. The summed E-state index contributed by atoms with van der Waals surface area (Å²) >= 11 is 0. The van der Waals surface area contributed by atoms with Crippen molar-refractivity contribution in [3.8, 4) is 5.75 Å². The molecule has 0 amide bonds. The number of methoxy groups -OCH3 is 2. The topological polar surface area (TPSA) is 73.6 Å². The van der Waals surface area contributed by atoms with Crippen LogP contribution in [0.25, 0.3) is 11.1 Å². The van der Waals surface area contributed by atoms with Crippen LogP contribution in [0.3, 0.4) is 0 Å². The van der Waals surface area contributed by atoms with Crippen molar-refractivity contribution in [1.29, 1.82) is 0 Å². The second kappa shape index (κ2) is 6.62. The van der Waals surface area contributed by atoms with Crippen molar-refractivity contribution in [1.82, 2.24) is 4.98 Å². The van der Waals surface area contributed by atoms with Gasteiger partial charge in [0.2, 0.25) is 0 Å². The molecule has 0 bridgehead atoms. The van der Waals surface area contributed by atoms with Gasteiger partial charge >= 0.3 is 5.97 Å². The van der Waals surface area contributed by atoms with Gasteiger partial charge in [0.05, 0.1) is 20.6 Å². The molecule has 0 aliphatic heterocycles. The zero-order valence-corrected chi connectivity index (χ0v) is 13.8. The number of carbonyl (C=O) groups is 1. The van der Waals surface area contributed by atoms with Crippen LogP contribution in [0.15, 0.2) is 40.8 Å². The molecule has 0 unspecified atom stereocenters. The van der Waals surface area contributed by atoms with Crippen LogP contribution in [0.4, 0.5) is 11.7 Å². The number of carbonyl (C=O) groups excluding carboxylic acids is 1. The molecule has 1 heterocycles. The Balaban J connectivity index is 1.97. The lowest BCUT2D eigenvalue weighted by molar-refractivity contribution is -0.139. The minimum atomic E-state index is -0.325. The van der Waals surface area contributed by atoms with Gasteiger partial charge in [0, 0.05) is 5.69 Å². The van der Waals surface area contributed by atoms with Gasteiger partial charge in [0.1, 0.15) is 5.75 Å². The standard InChI is InChI=1S/C18H18N2O4/c1-11-6-4-5-7-13(11)19-18-20-17-14(22-2)8-12(9-15(17)24-18)10-16(21)23-3/h4-9H,10H2,1-3H3,(H,19,20). The molecule has 0 spiro atoms. The molecule has 3 rings (SSSR count). The molecule has 124 valence electrons. The molecule has 0 atom stereocenters. The van der Waals surface area contributed by atoms with E-state index in [-0.39, 0.29) is 12.4 Å². The number of benzene rings is 2. The van der Waals surface area contributed by atoms with Crippen LogP contribution in [-0.2, 0) is 16.0 Å². The van der Waals surface area contributed by atoms with Crippen molar-refractivity contribution in [2.45, 2.75) is 13.3 Å². The molecule has 0 radical (unpaired) electrons. The number of anilines is 2. The van der Waals surface area contributed by atoms with Gasteiger partial charge in [-0.25, -0.2) is 0 Å². The third kappa shape index (κ3) is 3.17.